The van der Waals surface area contributed by atoms with Gasteiger partial charge >= 0.3 is 0 Å². The maximum absolute atomic E-state index is 13.6. The van der Waals surface area contributed by atoms with Crippen molar-refractivity contribution in [3.63, 3.8) is 0 Å². The average molecular weight is 509 g/mol. The summed E-state index contributed by atoms with van der Waals surface area (Å²) < 4.78 is 38.6. The van der Waals surface area contributed by atoms with Crippen LogP contribution in [0, 0.1) is 6.92 Å². The lowest BCUT2D eigenvalue weighted by Gasteiger charge is -2.25. The zero-order valence-corrected chi connectivity index (χ0v) is 20.5. The summed E-state index contributed by atoms with van der Waals surface area (Å²) in [6.07, 6.45) is 0. The van der Waals surface area contributed by atoms with Crippen LogP contribution in [-0.2, 0) is 14.8 Å². The van der Waals surface area contributed by atoms with Gasteiger partial charge in [0.2, 0.25) is 5.91 Å². The van der Waals surface area contributed by atoms with E-state index in [2.05, 4.69) is 5.32 Å². The van der Waals surface area contributed by atoms with E-state index < -0.39 is 22.5 Å². The lowest BCUT2D eigenvalue weighted by Crippen LogP contribution is -2.38. The maximum Gasteiger partial charge on any atom is 0.264 e. The second-order valence-corrected chi connectivity index (χ2v) is 9.75. The van der Waals surface area contributed by atoms with Crippen molar-refractivity contribution in [1.29, 1.82) is 0 Å². The molecule has 1 N–H and O–H groups in total. The predicted octanol–water partition coefficient (Wildman–Crippen LogP) is 5.15. The van der Waals surface area contributed by atoms with E-state index in [9.17, 15) is 13.2 Å². The largest absolute Gasteiger partial charge is 0.493 e. The van der Waals surface area contributed by atoms with Crippen LogP contribution >= 0.6 is 23.2 Å². The Morgan fingerprint density at radius 3 is 2.18 bits per heavy atom. The van der Waals surface area contributed by atoms with Crippen LogP contribution in [0.4, 0.5) is 11.4 Å². The number of nitrogens with zero attached hydrogens (tertiary/aromatic N) is 1. The summed E-state index contributed by atoms with van der Waals surface area (Å²) in [7, 11) is -1.30. The first-order valence-electron chi connectivity index (χ1n) is 9.72. The van der Waals surface area contributed by atoms with E-state index in [1.807, 2.05) is 6.92 Å². The molecule has 3 aromatic carbocycles. The minimum Gasteiger partial charge on any atom is -0.493 e. The van der Waals surface area contributed by atoms with Gasteiger partial charge in [0.05, 0.1) is 24.8 Å². The van der Waals surface area contributed by atoms with Gasteiger partial charge in [0.25, 0.3) is 10.0 Å². The van der Waals surface area contributed by atoms with Crippen molar-refractivity contribution < 1.29 is 22.7 Å². The number of carbonyl (C=O) groups is 1. The summed E-state index contributed by atoms with van der Waals surface area (Å²) in [6.45, 7) is 1.33. The fraction of sp³-hybridized carbons (Fsp3) is 0.174. The molecule has 0 aliphatic carbocycles. The van der Waals surface area contributed by atoms with Gasteiger partial charge in [-0.3, -0.25) is 9.10 Å². The number of methoxy groups -OCH3 is 2. The van der Waals surface area contributed by atoms with E-state index in [0.717, 1.165) is 9.87 Å². The molecule has 1 amide bonds. The Labute approximate surface area is 202 Å². The van der Waals surface area contributed by atoms with Crippen LogP contribution in [0.1, 0.15) is 5.56 Å². The Kier molecular flexibility index (Phi) is 7.73. The number of amides is 1. The zero-order chi connectivity index (χ0) is 24.2. The van der Waals surface area contributed by atoms with Crippen LogP contribution in [0.5, 0.6) is 11.5 Å². The minimum absolute atomic E-state index is 0.0677. The van der Waals surface area contributed by atoms with Gasteiger partial charge in [-0.1, -0.05) is 29.3 Å². The number of hydrogen-bond acceptors (Lipinski definition) is 5. The summed E-state index contributed by atoms with van der Waals surface area (Å²) in [4.78, 5) is 12.8. The fourth-order valence-electron chi connectivity index (χ4n) is 3.08. The summed E-state index contributed by atoms with van der Waals surface area (Å²) >= 11 is 12.0. The lowest BCUT2D eigenvalue weighted by atomic mass is 10.2. The van der Waals surface area contributed by atoms with Crippen LogP contribution < -0.4 is 19.1 Å². The highest BCUT2D eigenvalue weighted by atomic mass is 35.5. The first-order chi connectivity index (χ1) is 15.6. The highest BCUT2D eigenvalue weighted by Gasteiger charge is 2.28. The second-order valence-electron chi connectivity index (χ2n) is 7.01. The zero-order valence-electron chi connectivity index (χ0n) is 18.1. The smallest absolute Gasteiger partial charge is 0.264 e. The highest BCUT2D eigenvalue weighted by molar-refractivity contribution is 7.92. The van der Waals surface area contributed by atoms with Crippen molar-refractivity contribution in [3.05, 3.63) is 76.3 Å². The Hall–Kier alpha value is -2.94. The van der Waals surface area contributed by atoms with Gasteiger partial charge in [0.1, 0.15) is 6.54 Å². The molecule has 0 saturated heterocycles. The molecular formula is C23H22Cl2N2O5S. The molecule has 174 valence electrons. The maximum atomic E-state index is 13.6. The van der Waals surface area contributed by atoms with Gasteiger partial charge in [-0.15, -0.1) is 0 Å². The summed E-state index contributed by atoms with van der Waals surface area (Å²) in [5.41, 5.74) is 1.55. The quantitative estimate of drug-likeness (QED) is 0.454. The number of benzene rings is 3. The Bertz CT molecular complexity index is 1260. The molecule has 0 saturated carbocycles. The number of aryl methyl sites for hydroxylation is 1. The second kappa shape index (κ2) is 10.3. The van der Waals surface area contributed by atoms with E-state index in [1.165, 1.54) is 44.6 Å². The van der Waals surface area contributed by atoms with Crippen molar-refractivity contribution in [1.82, 2.24) is 0 Å². The number of nitrogens with one attached hydrogen (secondary N) is 1. The monoisotopic (exact) mass is 508 g/mol. The van der Waals surface area contributed by atoms with Gasteiger partial charge < -0.3 is 14.8 Å². The molecule has 0 spiro atoms. The average Bonchev–Trinajstić information content (AvgIpc) is 2.80. The van der Waals surface area contributed by atoms with Gasteiger partial charge in [0, 0.05) is 21.8 Å². The molecule has 10 heteroatoms. The molecule has 0 heterocycles. The molecule has 7 nitrogen and oxygen atoms in total. The lowest BCUT2D eigenvalue weighted by molar-refractivity contribution is -0.114. The number of anilines is 2. The van der Waals surface area contributed by atoms with Crippen molar-refractivity contribution in [3.8, 4) is 11.5 Å². The molecule has 0 aromatic heterocycles. The number of hydrogen-bond donors (Lipinski definition) is 1. The van der Waals surface area contributed by atoms with Crippen LogP contribution in [0.25, 0.3) is 0 Å². The molecule has 3 rings (SSSR count). The Balaban J connectivity index is 2.00. The topological polar surface area (TPSA) is 84.9 Å². The number of ether oxygens (including phenoxy) is 2. The van der Waals surface area contributed by atoms with E-state index in [-0.39, 0.29) is 16.3 Å². The molecule has 0 aliphatic heterocycles. The van der Waals surface area contributed by atoms with Crippen molar-refractivity contribution in [2.24, 2.45) is 0 Å². The first-order valence-corrected chi connectivity index (χ1v) is 11.9. The molecule has 0 aliphatic rings. The van der Waals surface area contributed by atoms with E-state index >= 15 is 0 Å². The van der Waals surface area contributed by atoms with Crippen molar-refractivity contribution in [2.75, 3.05) is 30.4 Å². The van der Waals surface area contributed by atoms with Crippen LogP contribution in [0.3, 0.4) is 0 Å². The fourth-order valence-corrected chi connectivity index (χ4v) is 4.81. The summed E-state index contributed by atoms with van der Waals surface area (Å²) in [5, 5.41) is 3.61. The molecule has 0 radical (unpaired) electrons. The van der Waals surface area contributed by atoms with Crippen molar-refractivity contribution >= 4 is 50.5 Å². The summed E-state index contributed by atoms with van der Waals surface area (Å²) in [6, 6.07) is 15.4. The van der Waals surface area contributed by atoms with E-state index in [4.69, 9.17) is 32.7 Å². The number of sulfonamides is 1. The molecular weight excluding hydrogens is 487 g/mol. The van der Waals surface area contributed by atoms with Gasteiger partial charge in [0.15, 0.2) is 11.5 Å². The molecule has 3 aromatic rings. The van der Waals surface area contributed by atoms with Gasteiger partial charge in [-0.25, -0.2) is 8.42 Å². The molecule has 0 bridgehead atoms. The predicted molar refractivity (Wildman–Crippen MR) is 130 cm³/mol. The normalized spacial score (nSPS) is 11.1. The minimum atomic E-state index is -4.16. The SMILES string of the molecule is COc1ccc(S(=O)(=O)N(CC(=O)Nc2cc(Cl)ccc2C)c2ccc(Cl)cc2)cc1OC. The van der Waals surface area contributed by atoms with Crippen LogP contribution in [0.15, 0.2) is 65.6 Å². The van der Waals surface area contributed by atoms with Crippen LogP contribution in [-0.4, -0.2) is 35.1 Å². The number of carbonyl (C=O) groups excluding carboxylic acids is 1. The molecule has 0 atom stereocenters. The third kappa shape index (κ3) is 5.71. The Morgan fingerprint density at radius 1 is 0.909 bits per heavy atom. The molecule has 0 fully saturated rings. The first kappa shape index (κ1) is 24.7. The third-order valence-corrected chi connectivity index (χ3v) is 7.08. The molecule has 33 heavy (non-hydrogen) atoms. The van der Waals surface area contributed by atoms with Crippen molar-refractivity contribution in [2.45, 2.75) is 11.8 Å². The number of rotatable bonds is 8. The van der Waals surface area contributed by atoms with Crippen LogP contribution in [0.2, 0.25) is 10.0 Å². The van der Waals surface area contributed by atoms with E-state index in [1.54, 1.807) is 30.3 Å². The van der Waals surface area contributed by atoms with Gasteiger partial charge in [-0.05, 0) is 61.0 Å². The third-order valence-electron chi connectivity index (χ3n) is 4.82. The Morgan fingerprint density at radius 2 is 1.55 bits per heavy atom. The van der Waals surface area contributed by atoms with Gasteiger partial charge in [-0.2, -0.15) is 0 Å². The highest BCUT2D eigenvalue weighted by Crippen LogP contribution is 2.32. The number of halogens is 2. The summed E-state index contributed by atoms with van der Waals surface area (Å²) in [5.74, 6) is 0.0803. The van der Waals surface area contributed by atoms with E-state index in [0.29, 0.717) is 21.5 Å². The molecule has 0 unspecified atom stereocenters. The standard InChI is InChI=1S/C23H22Cl2N2O5S/c1-15-4-5-17(25)12-20(15)26-23(28)14-27(18-8-6-16(24)7-9-18)33(29,30)19-10-11-21(31-2)22(13-19)32-3/h4-13H,14H2,1-3H3,(H,26,28).